The Labute approximate surface area is 143 Å². The minimum Gasteiger partial charge on any atom is -0.399 e. The molecule has 25 heavy (non-hydrogen) atoms. The minimum absolute atomic E-state index is 0.0836. The van der Waals surface area contributed by atoms with Crippen molar-refractivity contribution in [2.75, 3.05) is 5.73 Å². The van der Waals surface area contributed by atoms with Gasteiger partial charge in [0.2, 0.25) is 0 Å². The van der Waals surface area contributed by atoms with E-state index in [1.54, 1.807) is 47.3 Å². The normalized spacial score (nSPS) is 11.4. The number of ketones is 1. The first-order valence-corrected chi connectivity index (χ1v) is 7.76. The van der Waals surface area contributed by atoms with Crippen LogP contribution in [0.5, 0.6) is 0 Å². The predicted molar refractivity (Wildman–Crippen MR) is 97.8 cm³/mol. The summed E-state index contributed by atoms with van der Waals surface area (Å²) in [7, 11) is 0. The molecule has 0 fully saturated rings. The van der Waals surface area contributed by atoms with Crippen molar-refractivity contribution in [1.29, 1.82) is 0 Å². The number of fused-ring (bicyclic) bond motifs is 1. The molecule has 4 rings (SSSR count). The maximum atomic E-state index is 12.6. The van der Waals surface area contributed by atoms with E-state index in [0.717, 1.165) is 11.1 Å². The van der Waals surface area contributed by atoms with Gasteiger partial charge in [-0.3, -0.25) is 9.89 Å². The number of rotatable bonds is 4. The quantitative estimate of drug-likeness (QED) is 0.342. The summed E-state index contributed by atoms with van der Waals surface area (Å²) in [5, 5.41) is 12.4. The number of anilines is 1. The number of carbonyl (C=O) groups excluding carboxylic acids is 1. The summed E-state index contributed by atoms with van der Waals surface area (Å²) in [6.07, 6.45) is 5.39. The molecule has 3 N–H and O–H groups in total. The van der Waals surface area contributed by atoms with Crippen LogP contribution in [0.15, 0.2) is 72.1 Å². The number of aromatic nitrogens is 3. The van der Waals surface area contributed by atoms with Gasteiger partial charge < -0.3 is 5.73 Å². The molecule has 0 unspecified atom stereocenters. The Hall–Kier alpha value is -3.67. The predicted octanol–water partition coefficient (Wildman–Crippen LogP) is 3.06. The maximum Gasteiger partial charge on any atom is 0.193 e. The highest BCUT2D eigenvalue weighted by molar-refractivity contribution is 6.11. The molecule has 122 valence electrons. The summed E-state index contributed by atoms with van der Waals surface area (Å²) in [4.78, 5) is 12.6. The number of nitrogen functional groups attached to an aromatic ring is 1. The second-order valence-electron chi connectivity index (χ2n) is 5.63. The van der Waals surface area contributed by atoms with Crippen LogP contribution in [0.2, 0.25) is 0 Å². The molecule has 0 saturated heterocycles. The first-order valence-electron chi connectivity index (χ1n) is 7.76. The van der Waals surface area contributed by atoms with E-state index in [1.165, 1.54) is 0 Å². The lowest BCUT2D eigenvalue weighted by atomic mass is 10.0. The second kappa shape index (κ2) is 6.09. The van der Waals surface area contributed by atoms with E-state index in [-0.39, 0.29) is 5.78 Å². The number of hydrogen-bond donors (Lipinski definition) is 2. The monoisotopic (exact) mass is 329 g/mol. The summed E-state index contributed by atoms with van der Waals surface area (Å²) in [5.41, 5.74) is 8.94. The molecule has 2 heterocycles. The molecule has 4 aromatic rings. The first kappa shape index (κ1) is 14.9. The fourth-order valence-corrected chi connectivity index (χ4v) is 2.65. The smallest absolute Gasteiger partial charge is 0.193 e. The third-order valence-electron chi connectivity index (χ3n) is 3.90. The molecule has 0 aliphatic heterocycles. The average Bonchev–Trinajstić information content (AvgIpc) is 3.28. The largest absolute Gasteiger partial charge is 0.399 e. The van der Waals surface area contributed by atoms with Crippen LogP contribution in [-0.4, -0.2) is 26.9 Å². The van der Waals surface area contributed by atoms with Crippen LogP contribution in [-0.2, 0) is 0 Å². The van der Waals surface area contributed by atoms with E-state index in [4.69, 9.17) is 5.73 Å². The zero-order valence-corrected chi connectivity index (χ0v) is 13.3. The SMILES string of the molecule is Nc1cccc(C(=O)c2ccc3c(/C=N/n4cccc4)[nH]nc3c2)c1. The van der Waals surface area contributed by atoms with Crippen LogP contribution >= 0.6 is 0 Å². The van der Waals surface area contributed by atoms with E-state index in [2.05, 4.69) is 15.3 Å². The van der Waals surface area contributed by atoms with Crippen molar-refractivity contribution in [2.24, 2.45) is 5.10 Å². The van der Waals surface area contributed by atoms with E-state index in [0.29, 0.717) is 22.3 Å². The fourth-order valence-electron chi connectivity index (χ4n) is 2.65. The second-order valence-corrected chi connectivity index (χ2v) is 5.63. The number of benzene rings is 2. The lowest BCUT2D eigenvalue weighted by Gasteiger charge is -2.02. The van der Waals surface area contributed by atoms with Crippen molar-refractivity contribution in [1.82, 2.24) is 14.9 Å². The highest BCUT2D eigenvalue weighted by atomic mass is 16.1. The molecular formula is C19H15N5O. The molecule has 2 aromatic carbocycles. The zero-order chi connectivity index (χ0) is 17.2. The van der Waals surface area contributed by atoms with Gasteiger partial charge in [-0.2, -0.15) is 10.2 Å². The Balaban J connectivity index is 1.66. The number of carbonyl (C=O) groups is 1. The number of nitrogens with one attached hydrogen (secondary N) is 1. The molecule has 6 heteroatoms. The van der Waals surface area contributed by atoms with Gasteiger partial charge in [0.05, 0.1) is 17.4 Å². The number of nitrogens with zero attached hydrogens (tertiary/aromatic N) is 3. The Bertz CT molecular complexity index is 1080. The lowest BCUT2D eigenvalue weighted by molar-refractivity contribution is 0.103. The van der Waals surface area contributed by atoms with Gasteiger partial charge in [0.25, 0.3) is 0 Å². The van der Waals surface area contributed by atoms with E-state index in [1.807, 2.05) is 30.6 Å². The molecule has 0 spiro atoms. The molecule has 2 aromatic heterocycles. The van der Waals surface area contributed by atoms with Crippen LogP contribution in [0.25, 0.3) is 10.9 Å². The first-order chi connectivity index (χ1) is 12.2. The summed E-state index contributed by atoms with van der Waals surface area (Å²) < 4.78 is 1.70. The van der Waals surface area contributed by atoms with Gasteiger partial charge in [-0.05, 0) is 36.4 Å². The van der Waals surface area contributed by atoms with Gasteiger partial charge in [0.1, 0.15) is 0 Å². The Kier molecular flexibility index (Phi) is 3.63. The van der Waals surface area contributed by atoms with Crippen molar-refractivity contribution >= 4 is 28.6 Å². The van der Waals surface area contributed by atoms with Gasteiger partial charge in [0, 0.05) is 34.6 Å². The van der Waals surface area contributed by atoms with Gasteiger partial charge in [0.15, 0.2) is 5.78 Å². The summed E-state index contributed by atoms with van der Waals surface area (Å²) in [5.74, 6) is -0.0836. The average molecular weight is 329 g/mol. The maximum absolute atomic E-state index is 12.6. The van der Waals surface area contributed by atoms with Crippen LogP contribution in [0.3, 0.4) is 0 Å². The highest BCUT2D eigenvalue weighted by Crippen LogP contribution is 2.19. The lowest BCUT2D eigenvalue weighted by Crippen LogP contribution is -2.02. The Morgan fingerprint density at radius 2 is 1.88 bits per heavy atom. The summed E-state index contributed by atoms with van der Waals surface area (Å²) in [6, 6.07) is 16.2. The van der Waals surface area contributed by atoms with Crippen molar-refractivity contribution in [3.05, 3.63) is 83.8 Å². The van der Waals surface area contributed by atoms with E-state index >= 15 is 0 Å². The molecule has 0 bridgehead atoms. The standard InChI is InChI=1S/C19H15N5O/c20-15-5-3-4-13(10-15)19(25)14-6-7-16-17(11-14)22-23-18(16)12-21-24-8-1-2-9-24/h1-12H,20H2,(H,22,23)/b21-12+. The molecule has 0 aliphatic carbocycles. The number of hydrogen-bond acceptors (Lipinski definition) is 4. The van der Waals surface area contributed by atoms with Crippen molar-refractivity contribution in [3.8, 4) is 0 Å². The Morgan fingerprint density at radius 1 is 1.08 bits per heavy atom. The molecule has 6 nitrogen and oxygen atoms in total. The van der Waals surface area contributed by atoms with E-state index < -0.39 is 0 Å². The fraction of sp³-hybridized carbons (Fsp3) is 0. The summed E-state index contributed by atoms with van der Waals surface area (Å²) >= 11 is 0. The molecular weight excluding hydrogens is 314 g/mol. The van der Waals surface area contributed by atoms with Gasteiger partial charge >= 0.3 is 0 Å². The highest BCUT2D eigenvalue weighted by Gasteiger charge is 2.12. The third kappa shape index (κ3) is 2.92. The van der Waals surface area contributed by atoms with Gasteiger partial charge in [-0.25, -0.2) is 4.68 Å². The summed E-state index contributed by atoms with van der Waals surface area (Å²) in [6.45, 7) is 0. The van der Waals surface area contributed by atoms with Gasteiger partial charge in [-0.1, -0.05) is 18.2 Å². The van der Waals surface area contributed by atoms with E-state index in [9.17, 15) is 4.79 Å². The molecule has 0 saturated carbocycles. The number of H-pyrrole nitrogens is 1. The molecule has 0 radical (unpaired) electrons. The van der Waals surface area contributed by atoms with Crippen molar-refractivity contribution in [3.63, 3.8) is 0 Å². The van der Waals surface area contributed by atoms with Crippen molar-refractivity contribution < 1.29 is 4.79 Å². The van der Waals surface area contributed by atoms with Crippen LogP contribution in [0, 0.1) is 0 Å². The number of aromatic amines is 1. The van der Waals surface area contributed by atoms with Crippen LogP contribution in [0.1, 0.15) is 21.6 Å². The van der Waals surface area contributed by atoms with Crippen molar-refractivity contribution in [2.45, 2.75) is 0 Å². The Morgan fingerprint density at radius 3 is 2.68 bits per heavy atom. The molecule has 0 atom stereocenters. The number of nitrogens with two attached hydrogens (primary N) is 1. The molecule has 0 amide bonds. The topological polar surface area (TPSA) is 89.1 Å². The van der Waals surface area contributed by atoms with Gasteiger partial charge in [-0.15, -0.1) is 0 Å². The van der Waals surface area contributed by atoms with Crippen LogP contribution < -0.4 is 5.73 Å². The van der Waals surface area contributed by atoms with Crippen LogP contribution in [0.4, 0.5) is 5.69 Å². The minimum atomic E-state index is -0.0836. The molecule has 0 aliphatic rings. The zero-order valence-electron chi connectivity index (χ0n) is 13.3. The third-order valence-corrected chi connectivity index (χ3v) is 3.90.